The van der Waals surface area contributed by atoms with Crippen LogP contribution in [0.1, 0.15) is 33.5 Å². The number of pyridine rings is 1. The number of benzene rings is 3. The first-order chi connectivity index (χ1) is 22.0. The second-order valence-corrected chi connectivity index (χ2v) is 11.5. The van der Waals surface area contributed by atoms with Crippen LogP contribution in [0.15, 0.2) is 116 Å². The molecule has 1 atom stereocenters. The Morgan fingerprint density at radius 3 is 2.33 bits per heavy atom. The lowest BCUT2D eigenvalue weighted by atomic mass is 9.97. The van der Waals surface area contributed by atoms with Crippen LogP contribution in [0.25, 0.3) is 17.3 Å². The first-order valence-electron chi connectivity index (χ1n) is 15.3. The summed E-state index contributed by atoms with van der Waals surface area (Å²) in [5.41, 5.74) is 8.07. The fourth-order valence-electron chi connectivity index (χ4n) is 5.85. The van der Waals surface area contributed by atoms with Crippen molar-refractivity contribution in [2.24, 2.45) is 7.05 Å². The topological polar surface area (TPSA) is 71.3 Å². The van der Waals surface area contributed by atoms with Crippen LogP contribution in [0.2, 0.25) is 0 Å². The third-order valence-electron chi connectivity index (χ3n) is 8.60. The van der Waals surface area contributed by atoms with Crippen LogP contribution in [0.3, 0.4) is 0 Å². The monoisotopic (exact) mass is 595 g/mol. The molecule has 3 heterocycles. The molecule has 45 heavy (non-hydrogen) atoms. The van der Waals surface area contributed by atoms with Gasteiger partial charge < -0.3 is 9.80 Å². The van der Waals surface area contributed by atoms with E-state index in [1.165, 1.54) is 5.56 Å². The predicted octanol–water partition coefficient (Wildman–Crippen LogP) is 6.03. The van der Waals surface area contributed by atoms with E-state index in [0.717, 1.165) is 45.6 Å². The Bertz CT molecular complexity index is 1800. The molecule has 5 aromatic rings. The molecule has 6 rings (SSSR count). The highest BCUT2D eigenvalue weighted by Crippen LogP contribution is 2.24. The van der Waals surface area contributed by atoms with E-state index in [1.807, 2.05) is 104 Å². The van der Waals surface area contributed by atoms with E-state index < -0.39 is 6.04 Å². The maximum absolute atomic E-state index is 14.5. The third-order valence-corrected chi connectivity index (χ3v) is 8.60. The molecule has 226 valence electrons. The van der Waals surface area contributed by atoms with Gasteiger partial charge in [-0.3, -0.25) is 19.3 Å². The summed E-state index contributed by atoms with van der Waals surface area (Å²) in [4.78, 5) is 36.8. The van der Waals surface area contributed by atoms with Crippen LogP contribution in [0.5, 0.6) is 0 Å². The number of hydrogen-bond acceptors (Lipinski definition) is 4. The number of carbonyl (C=O) groups is 2. The smallest absolute Gasteiger partial charge is 0.247 e. The first kappa shape index (κ1) is 29.8. The van der Waals surface area contributed by atoms with Crippen LogP contribution in [0.4, 0.5) is 0 Å². The predicted molar refractivity (Wildman–Crippen MR) is 177 cm³/mol. The van der Waals surface area contributed by atoms with Gasteiger partial charge in [-0.15, -0.1) is 0 Å². The number of nitrogens with zero attached hydrogens (tertiary/aromatic N) is 5. The van der Waals surface area contributed by atoms with Gasteiger partial charge in [0.2, 0.25) is 11.8 Å². The fraction of sp³-hybridized carbons (Fsp3) is 0.211. The van der Waals surface area contributed by atoms with E-state index >= 15 is 0 Å². The molecule has 0 unspecified atom stereocenters. The molecule has 1 aliphatic rings. The SMILES string of the molecule is Cc1c(C=CC(=O)N(Cc2ccc(-c3ccccn3)cc2)[C@@H](Cc2ccccc2)C(=O)N2CCc3ccccc3C2)cnn1C. The van der Waals surface area contributed by atoms with Crippen molar-refractivity contribution in [3.63, 3.8) is 0 Å². The number of aryl methyl sites for hydroxylation is 1. The van der Waals surface area contributed by atoms with Gasteiger partial charge in [-0.05, 0) is 53.8 Å². The van der Waals surface area contributed by atoms with Crippen LogP contribution in [-0.4, -0.2) is 49.0 Å². The number of amides is 2. The van der Waals surface area contributed by atoms with Crippen LogP contribution in [0, 0.1) is 6.92 Å². The molecule has 0 saturated heterocycles. The molecule has 0 bridgehead atoms. The van der Waals surface area contributed by atoms with Gasteiger partial charge in [0, 0.05) is 62.2 Å². The van der Waals surface area contributed by atoms with Gasteiger partial charge >= 0.3 is 0 Å². The zero-order chi connectivity index (χ0) is 31.2. The third kappa shape index (κ3) is 6.93. The van der Waals surface area contributed by atoms with Crippen molar-refractivity contribution in [2.75, 3.05) is 6.54 Å². The number of carbonyl (C=O) groups excluding carboxylic acids is 2. The van der Waals surface area contributed by atoms with Crippen LogP contribution >= 0.6 is 0 Å². The van der Waals surface area contributed by atoms with Gasteiger partial charge in [0.15, 0.2) is 0 Å². The van der Waals surface area contributed by atoms with Crippen LogP contribution < -0.4 is 0 Å². The molecule has 2 amide bonds. The Morgan fingerprint density at radius 1 is 0.889 bits per heavy atom. The Hall–Kier alpha value is -5.30. The zero-order valence-electron chi connectivity index (χ0n) is 25.7. The number of fused-ring (bicyclic) bond motifs is 1. The average Bonchev–Trinajstić information content (AvgIpc) is 3.41. The van der Waals surface area contributed by atoms with Crippen molar-refractivity contribution in [3.8, 4) is 11.3 Å². The molecule has 7 heteroatoms. The number of aromatic nitrogens is 3. The molecular formula is C38H37N5O2. The quantitative estimate of drug-likeness (QED) is 0.195. The summed E-state index contributed by atoms with van der Waals surface area (Å²) in [6.45, 7) is 3.40. The summed E-state index contributed by atoms with van der Waals surface area (Å²) in [6, 6.07) is 31.4. The number of hydrogen-bond donors (Lipinski definition) is 0. The molecule has 2 aromatic heterocycles. The first-order valence-corrected chi connectivity index (χ1v) is 15.3. The normalized spacial score (nSPS) is 13.4. The maximum Gasteiger partial charge on any atom is 0.247 e. The Balaban J connectivity index is 1.35. The molecule has 0 N–H and O–H groups in total. The zero-order valence-corrected chi connectivity index (χ0v) is 25.7. The summed E-state index contributed by atoms with van der Waals surface area (Å²) in [7, 11) is 1.88. The minimum Gasteiger partial charge on any atom is -0.336 e. The highest BCUT2D eigenvalue weighted by molar-refractivity contribution is 5.96. The Labute approximate surface area is 264 Å². The van der Waals surface area contributed by atoms with Crippen LogP contribution in [-0.2, 0) is 42.6 Å². The molecule has 0 spiro atoms. The van der Waals surface area contributed by atoms with Gasteiger partial charge in [0.05, 0.1) is 11.9 Å². The highest BCUT2D eigenvalue weighted by Gasteiger charge is 2.34. The molecule has 0 radical (unpaired) electrons. The molecule has 3 aromatic carbocycles. The van der Waals surface area contributed by atoms with Crippen molar-refractivity contribution >= 4 is 17.9 Å². The van der Waals surface area contributed by atoms with E-state index in [9.17, 15) is 9.59 Å². The second kappa shape index (κ2) is 13.6. The average molecular weight is 596 g/mol. The maximum atomic E-state index is 14.5. The van der Waals surface area contributed by atoms with E-state index in [1.54, 1.807) is 34.1 Å². The molecule has 7 nitrogen and oxygen atoms in total. The highest BCUT2D eigenvalue weighted by atomic mass is 16.2. The van der Waals surface area contributed by atoms with Crippen molar-refractivity contribution in [1.82, 2.24) is 24.6 Å². The van der Waals surface area contributed by atoms with Gasteiger partial charge in [0.1, 0.15) is 6.04 Å². The van der Waals surface area contributed by atoms with E-state index in [4.69, 9.17) is 0 Å². The largest absolute Gasteiger partial charge is 0.336 e. The molecular weight excluding hydrogens is 558 g/mol. The molecule has 0 saturated carbocycles. The standard InChI is InChI=1S/C38H37N5O2/c1-28-33(25-40-41(28)2)19-20-37(44)43(26-30-15-17-32(18-16-30)35-14-8-9-22-39-35)36(24-29-10-4-3-5-11-29)38(45)42-23-21-31-12-6-7-13-34(31)27-42/h3-20,22,25,36H,21,23-24,26-27H2,1-2H3/t36-/m0/s1. The summed E-state index contributed by atoms with van der Waals surface area (Å²) in [6.07, 6.45) is 8.10. The lowest BCUT2D eigenvalue weighted by Gasteiger charge is -2.37. The summed E-state index contributed by atoms with van der Waals surface area (Å²) < 4.78 is 1.78. The molecule has 0 fully saturated rings. The Morgan fingerprint density at radius 2 is 1.62 bits per heavy atom. The van der Waals surface area contributed by atoms with E-state index in [2.05, 4.69) is 22.2 Å². The summed E-state index contributed by atoms with van der Waals surface area (Å²) in [5, 5.41) is 4.31. The molecule has 0 aliphatic carbocycles. The Kier molecular flexibility index (Phi) is 8.96. The van der Waals surface area contributed by atoms with Gasteiger partial charge in [-0.1, -0.05) is 84.9 Å². The van der Waals surface area contributed by atoms with Crippen molar-refractivity contribution in [3.05, 3.63) is 149 Å². The lowest BCUT2D eigenvalue weighted by Crippen LogP contribution is -2.52. The van der Waals surface area contributed by atoms with Crippen molar-refractivity contribution < 1.29 is 9.59 Å². The van der Waals surface area contributed by atoms with E-state index in [0.29, 0.717) is 19.5 Å². The second-order valence-electron chi connectivity index (χ2n) is 11.5. The fourth-order valence-corrected chi connectivity index (χ4v) is 5.85. The van der Waals surface area contributed by atoms with Crippen molar-refractivity contribution in [1.29, 1.82) is 0 Å². The minimum atomic E-state index is -0.694. The van der Waals surface area contributed by atoms with Gasteiger partial charge in [0.25, 0.3) is 0 Å². The minimum absolute atomic E-state index is 0.0437. The van der Waals surface area contributed by atoms with E-state index in [-0.39, 0.29) is 18.4 Å². The molecule has 1 aliphatic heterocycles. The van der Waals surface area contributed by atoms with Gasteiger partial charge in [-0.25, -0.2) is 0 Å². The lowest BCUT2D eigenvalue weighted by molar-refractivity contribution is -0.144. The summed E-state index contributed by atoms with van der Waals surface area (Å²) in [5.74, 6) is -0.267. The summed E-state index contributed by atoms with van der Waals surface area (Å²) >= 11 is 0. The van der Waals surface area contributed by atoms with Gasteiger partial charge in [-0.2, -0.15) is 5.10 Å². The van der Waals surface area contributed by atoms with Crippen molar-refractivity contribution in [2.45, 2.75) is 38.9 Å². The number of rotatable bonds is 9.